The monoisotopic (exact) mass is 511 g/mol. The van der Waals surface area contributed by atoms with Crippen molar-refractivity contribution in [2.75, 3.05) is 21.6 Å². The van der Waals surface area contributed by atoms with Gasteiger partial charge in [-0.2, -0.15) is 0 Å². The number of hydrogen-bond donors (Lipinski definition) is 1. The van der Waals surface area contributed by atoms with Crippen LogP contribution in [0.25, 0.3) is 0 Å². The number of aromatic nitrogens is 3. The Balaban J connectivity index is 1.72. The van der Waals surface area contributed by atoms with Crippen LogP contribution < -0.4 is 9.62 Å². The van der Waals surface area contributed by atoms with Crippen LogP contribution in [0, 0.1) is 12.7 Å². The van der Waals surface area contributed by atoms with E-state index < -0.39 is 15.8 Å². The Hall–Kier alpha value is -2.63. The highest BCUT2D eigenvalue weighted by Gasteiger charge is 2.22. The van der Waals surface area contributed by atoms with Gasteiger partial charge in [0.15, 0.2) is 11.0 Å². The maximum absolute atomic E-state index is 13.3. The number of sulfonamides is 1. The largest absolute Gasteiger partial charge is 0.325 e. The maximum atomic E-state index is 13.3. The highest BCUT2D eigenvalue weighted by atomic mass is 35.5. The van der Waals surface area contributed by atoms with Crippen LogP contribution in [0.2, 0.25) is 5.02 Å². The van der Waals surface area contributed by atoms with E-state index in [2.05, 4.69) is 15.5 Å². The summed E-state index contributed by atoms with van der Waals surface area (Å²) in [6, 6.07) is 10.4. The highest BCUT2D eigenvalue weighted by Crippen LogP contribution is 2.24. The first-order chi connectivity index (χ1) is 15.6. The van der Waals surface area contributed by atoms with E-state index in [-0.39, 0.29) is 18.2 Å². The third-order valence-corrected chi connectivity index (χ3v) is 7.22. The van der Waals surface area contributed by atoms with Gasteiger partial charge in [-0.3, -0.25) is 9.10 Å². The molecule has 1 aromatic heterocycles. The van der Waals surface area contributed by atoms with Crippen LogP contribution in [0.5, 0.6) is 0 Å². The molecule has 0 saturated carbocycles. The number of aryl methyl sites for hydroxylation is 1. The standard InChI is InChI=1S/C21H23ClFN5O3S2/c1-4-27-19(12-28(33(3,30)31)17-8-5-15(23)6-9-17)25-26-21(27)32-13-20(29)24-16-7-10-18(22)14(2)11-16/h5-11H,4,12-13H2,1-3H3,(H,24,29). The van der Waals surface area contributed by atoms with Crippen LogP contribution in [0.1, 0.15) is 18.3 Å². The van der Waals surface area contributed by atoms with Crippen LogP contribution >= 0.6 is 23.4 Å². The van der Waals surface area contributed by atoms with Crippen LogP contribution in [0.3, 0.4) is 0 Å². The molecule has 8 nitrogen and oxygen atoms in total. The Morgan fingerprint density at radius 2 is 1.91 bits per heavy atom. The first kappa shape index (κ1) is 25.0. The summed E-state index contributed by atoms with van der Waals surface area (Å²) >= 11 is 7.20. The molecule has 0 fully saturated rings. The molecule has 0 spiro atoms. The number of carbonyl (C=O) groups excluding carboxylic acids is 1. The van der Waals surface area contributed by atoms with Crippen LogP contribution in [0.4, 0.5) is 15.8 Å². The summed E-state index contributed by atoms with van der Waals surface area (Å²) < 4.78 is 40.9. The van der Waals surface area contributed by atoms with Crippen molar-refractivity contribution < 1.29 is 17.6 Å². The minimum Gasteiger partial charge on any atom is -0.325 e. The van der Waals surface area contributed by atoms with E-state index >= 15 is 0 Å². The zero-order valence-corrected chi connectivity index (χ0v) is 20.6. The van der Waals surface area contributed by atoms with Gasteiger partial charge in [-0.1, -0.05) is 23.4 Å². The first-order valence-electron chi connectivity index (χ1n) is 9.92. The number of nitrogens with zero attached hydrogens (tertiary/aromatic N) is 4. The van der Waals surface area contributed by atoms with Crippen molar-refractivity contribution in [3.63, 3.8) is 0 Å². The molecule has 0 radical (unpaired) electrons. The molecule has 176 valence electrons. The fourth-order valence-corrected chi connectivity index (χ4v) is 4.84. The smallest absolute Gasteiger partial charge is 0.234 e. The van der Waals surface area contributed by atoms with Crippen LogP contribution in [-0.4, -0.2) is 41.1 Å². The normalized spacial score (nSPS) is 11.4. The maximum Gasteiger partial charge on any atom is 0.234 e. The highest BCUT2D eigenvalue weighted by molar-refractivity contribution is 7.99. The molecule has 2 aromatic carbocycles. The fraction of sp³-hybridized carbons (Fsp3) is 0.286. The molecule has 0 aliphatic heterocycles. The number of halogens is 2. The molecule has 12 heteroatoms. The van der Waals surface area contributed by atoms with Crippen molar-refractivity contribution in [1.29, 1.82) is 0 Å². The Morgan fingerprint density at radius 3 is 2.52 bits per heavy atom. The molecule has 1 amide bonds. The average Bonchev–Trinajstić information content (AvgIpc) is 3.15. The molecule has 3 rings (SSSR count). The predicted molar refractivity (Wildman–Crippen MR) is 129 cm³/mol. The van der Waals surface area contributed by atoms with Gasteiger partial charge in [0.2, 0.25) is 15.9 Å². The zero-order valence-electron chi connectivity index (χ0n) is 18.2. The number of rotatable bonds is 9. The number of anilines is 2. The summed E-state index contributed by atoms with van der Waals surface area (Å²) in [7, 11) is -3.66. The van der Waals surface area contributed by atoms with Crippen molar-refractivity contribution in [3.05, 3.63) is 64.7 Å². The van der Waals surface area contributed by atoms with Crippen LogP contribution in [-0.2, 0) is 27.9 Å². The van der Waals surface area contributed by atoms with Gasteiger partial charge in [-0.15, -0.1) is 10.2 Å². The van der Waals surface area contributed by atoms with Gasteiger partial charge >= 0.3 is 0 Å². The number of nitrogens with one attached hydrogen (secondary N) is 1. The second-order valence-electron chi connectivity index (χ2n) is 7.19. The molecular weight excluding hydrogens is 489 g/mol. The second-order valence-corrected chi connectivity index (χ2v) is 10.4. The van der Waals surface area contributed by atoms with E-state index in [4.69, 9.17) is 11.6 Å². The van der Waals surface area contributed by atoms with Gasteiger partial charge in [0.25, 0.3) is 0 Å². The lowest BCUT2D eigenvalue weighted by molar-refractivity contribution is -0.113. The molecule has 33 heavy (non-hydrogen) atoms. The molecule has 1 N–H and O–H groups in total. The average molecular weight is 512 g/mol. The van der Waals surface area contributed by atoms with Gasteiger partial charge in [0.1, 0.15) is 5.82 Å². The first-order valence-corrected chi connectivity index (χ1v) is 13.1. The molecule has 1 heterocycles. The summed E-state index contributed by atoms with van der Waals surface area (Å²) in [4.78, 5) is 12.4. The number of thioether (sulfide) groups is 1. The van der Waals surface area contributed by atoms with E-state index in [1.54, 1.807) is 22.8 Å². The molecule has 0 saturated heterocycles. The molecule has 0 atom stereocenters. The second kappa shape index (κ2) is 10.5. The summed E-state index contributed by atoms with van der Waals surface area (Å²) in [5.74, 6) is -0.191. The Bertz CT molecular complexity index is 1250. The molecule has 0 aliphatic rings. The van der Waals surface area contributed by atoms with Crippen molar-refractivity contribution in [3.8, 4) is 0 Å². The molecule has 0 bridgehead atoms. The Labute approximate surface area is 201 Å². The number of carbonyl (C=O) groups is 1. The van der Waals surface area contributed by atoms with Crippen molar-refractivity contribution in [1.82, 2.24) is 14.8 Å². The van der Waals surface area contributed by atoms with Crippen molar-refractivity contribution in [2.24, 2.45) is 0 Å². The van der Waals surface area contributed by atoms with Crippen molar-refractivity contribution >= 4 is 50.7 Å². The topological polar surface area (TPSA) is 97.2 Å². The number of hydrogen-bond acceptors (Lipinski definition) is 6. The third-order valence-electron chi connectivity index (χ3n) is 4.68. The quantitative estimate of drug-likeness (QED) is 0.434. The summed E-state index contributed by atoms with van der Waals surface area (Å²) in [6.45, 7) is 4.12. The molecule has 0 aliphatic carbocycles. The van der Waals surface area contributed by atoms with Crippen molar-refractivity contribution in [2.45, 2.75) is 32.1 Å². The summed E-state index contributed by atoms with van der Waals surface area (Å²) in [5.41, 5.74) is 1.81. The number of amides is 1. The van der Waals surface area contributed by atoms with E-state index in [1.807, 2.05) is 13.8 Å². The van der Waals surface area contributed by atoms with E-state index in [9.17, 15) is 17.6 Å². The minimum absolute atomic E-state index is 0.0812. The minimum atomic E-state index is -3.66. The Kier molecular flexibility index (Phi) is 7.98. The SMILES string of the molecule is CCn1c(CN(c2ccc(F)cc2)S(C)(=O)=O)nnc1SCC(=O)Nc1ccc(Cl)c(C)c1. The van der Waals surface area contributed by atoms with E-state index in [0.717, 1.165) is 16.1 Å². The zero-order chi connectivity index (χ0) is 24.2. The van der Waals surface area contributed by atoms with Gasteiger partial charge in [0, 0.05) is 17.3 Å². The summed E-state index contributed by atoms with van der Waals surface area (Å²) in [6.07, 6.45) is 1.07. The van der Waals surface area contributed by atoms with E-state index in [1.165, 1.54) is 36.0 Å². The lowest BCUT2D eigenvalue weighted by atomic mass is 10.2. The lowest BCUT2D eigenvalue weighted by Crippen LogP contribution is -2.30. The van der Waals surface area contributed by atoms with Gasteiger partial charge in [-0.25, -0.2) is 12.8 Å². The summed E-state index contributed by atoms with van der Waals surface area (Å²) in [5, 5.41) is 12.2. The van der Waals surface area contributed by atoms with Crippen LogP contribution in [0.15, 0.2) is 47.6 Å². The van der Waals surface area contributed by atoms with E-state index in [0.29, 0.717) is 33.9 Å². The number of benzene rings is 2. The van der Waals surface area contributed by atoms with Gasteiger partial charge < -0.3 is 9.88 Å². The van der Waals surface area contributed by atoms with Gasteiger partial charge in [0.05, 0.1) is 24.2 Å². The lowest BCUT2D eigenvalue weighted by Gasteiger charge is -2.22. The predicted octanol–water partition coefficient (Wildman–Crippen LogP) is 4.10. The fourth-order valence-electron chi connectivity index (χ4n) is 3.05. The Morgan fingerprint density at radius 1 is 1.21 bits per heavy atom. The van der Waals surface area contributed by atoms with Gasteiger partial charge in [-0.05, 0) is 61.9 Å². The molecule has 0 unspecified atom stereocenters. The third kappa shape index (κ3) is 6.46. The molecular formula is C21H23ClFN5O3S2. The molecule has 3 aromatic rings.